The number of amides is 2. The van der Waals surface area contributed by atoms with Gasteiger partial charge in [-0.1, -0.05) is 12.1 Å². The van der Waals surface area contributed by atoms with Gasteiger partial charge in [0.25, 0.3) is 11.1 Å². The molecule has 5 nitrogen and oxygen atoms in total. The van der Waals surface area contributed by atoms with Crippen LogP contribution in [0.4, 0.5) is 9.18 Å². The Morgan fingerprint density at radius 1 is 1.10 bits per heavy atom. The van der Waals surface area contributed by atoms with E-state index < -0.39 is 0 Å². The van der Waals surface area contributed by atoms with Gasteiger partial charge in [-0.3, -0.25) is 14.5 Å². The topological polar surface area (TPSA) is 55.8 Å². The molecule has 2 aromatic rings. The van der Waals surface area contributed by atoms with E-state index in [1.807, 2.05) is 19.9 Å². The average molecular weight is 480 g/mol. The molecule has 152 valence electrons. The van der Waals surface area contributed by atoms with Crippen molar-refractivity contribution in [2.75, 3.05) is 13.2 Å². The first kappa shape index (κ1) is 21.4. The van der Waals surface area contributed by atoms with Gasteiger partial charge in [-0.2, -0.15) is 0 Å². The molecule has 1 heterocycles. The number of ether oxygens (including phenoxy) is 2. The van der Waals surface area contributed by atoms with Crippen LogP contribution in [0.2, 0.25) is 0 Å². The summed E-state index contributed by atoms with van der Waals surface area (Å²) in [6, 6.07) is 9.29. The van der Waals surface area contributed by atoms with Crippen LogP contribution in [0.3, 0.4) is 0 Å². The summed E-state index contributed by atoms with van der Waals surface area (Å²) in [6.07, 6.45) is 1.65. The van der Waals surface area contributed by atoms with Crippen molar-refractivity contribution in [3.8, 4) is 11.5 Å². The number of thioether (sulfide) groups is 1. The maximum Gasteiger partial charge on any atom is 0.293 e. The summed E-state index contributed by atoms with van der Waals surface area (Å²) in [6.45, 7) is 4.80. The lowest BCUT2D eigenvalue weighted by Crippen LogP contribution is -2.27. The highest BCUT2D eigenvalue weighted by Gasteiger charge is 2.35. The van der Waals surface area contributed by atoms with Crippen molar-refractivity contribution < 1.29 is 23.5 Å². The standard InChI is InChI=1S/C21H19BrFNO4S/c1-3-27-17-10-14(9-16(22)19(17)28-4-2)11-18-20(25)24(21(26)29-18)12-13-5-7-15(23)8-6-13/h5-11H,3-4,12H2,1-2H3/b18-11+. The summed E-state index contributed by atoms with van der Waals surface area (Å²) in [7, 11) is 0. The second kappa shape index (κ2) is 9.45. The van der Waals surface area contributed by atoms with Gasteiger partial charge in [0.2, 0.25) is 0 Å². The Labute approximate surface area is 181 Å². The van der Waals surface area contributed by atoms with E-state index in [0.29, 0.717) is 45.2 Å². The molecule has 0 saturated carbocycles. The number of benzene rings is 2. The Morgan fingerprint density at radius 2 is 1.79 bits per heavy atom. The molecule has 0 N–H and O–H groups in total. The van der Waals surface area contributed by atoms with Gasteiger partial charge in [0.1, 0.15) is 5.82 Å². The minimum Gasteiger partial charge on any atom is -0.490 e. The molecule has 0 atom stereocenters. The maximum absolute atomic E-state index is 13.1. The number of hydrogen-bond acceptors (Lipinski definition) is 5. The lowest BCUT2D eigenvalue weighted by atomic mass is 10.1. The average Bonchev–Trinajstić information content (AvgIpc) is 2.94. The van der Waals surface area contributed by atoms with E-state index in [9.17, 15) is 14.0 Å². The third-order valence-electron chi connectivity index (χ3n) is 4.05. The molecule has 0 aromatic heterocycles. The zero-order valence-corrected chi connectivity index (χ0v) is 18.3. The van der Waals surface area contributed by atoms with Crippen LogP contribution in [-0.4, -0.2) is 29.3 Å². The quantitative estimate of drug-likeness (QED) is 0.482. The maximum atomic E-state index is 13.1. The number of carbonyl (C=O) groups is 2. The van der Waals surface area contributed by atoms with Crippen LogP contribution in [0.1, 0.15) is 25.0 Å². The summed E-state index contributed by atoms with van der Waals surface area (Å²) in [5.41, 5.74) is 1.38. The van der Waals surface area contributed by atoms with Gasteiger partial charge < -0.3 is 9.47 Å². The van der Waals surface area contributed by atoms with Gasteiger partial charge in [0.15, 0.2) is 11.5 Å². The molecule has 2 amide bonds. The van der Waals surface area contributed by atoms with Gasteiger partial charge in [-0.05, 0) is 83.0 Å². The fourth-order valence-corrected chi connectivity index (χ4v) is 4.19. The fourth-order valence-electron chi connectivity index (χ4n) is 2.78. The monoisotopic (exact) mass is 479 g/mol. The molecule has 0 unspecified atom stereocenters. The van der Waals surface area contributed by atoms with Crippen molar-refractivity contribution in [2.45, 2.75) is 20.4 Å². The second-order valence-electron chi connectivity index (χ2n) is 6.09. The smallest absolute Gasteiger partial charge is 0.293 e. The molecule has 29 heavy (non-hydrogen) atoms. The molecule has 2 aromatic carbocycles. The summed E-state index contributed by atoms with van der Waals surface area (Å²) >= 11 is 4.35. The Kier molecular flexibility index (Phi) is 6.97. The van der Waals surface area contributed by atoms with Gasteiger partial charge >= 0.3 is 0 Å². The van der Waals surface area contributed by atoms with Gasteiger partial charge in [0.05, 0.1) is 29.1 Å². The molecule has 1 fully saturated rings. The SMILES string of the molecule is CCOc1cc(/C=C2/SC(=O)N(Cc3ccc(F)cc3)C2=O)cc(Br)c1OCC. The molecule has 0 radical (unpaired) electrons. The normalized spacial score (nSPS) is 15.3. The van der Waals surface area contributed by atoms with E-state index in [-0.39, 0.29) is 23.5 Å². The minimum absolute atomic E-state index is 0.0967. The lowest BCUT2D eigenvalue weighted by Gasteiger charge is -2.14. The number of hydrogen-bond donors (Lipinski definition) is 0. The van der Waals surface area contributed by atoms with Crippen molar-refractivity contribution in [3.05, 3.63) is 62.7 Å². The first-order chi connectivity index (χ1) is 13.9. The number of halogens is 2. The van der Waals surface area contributed by atoms with E-state index >= 15 is 0 Å². The highest BCUT2D eigenvalue weighted by atomic mass is 79.9. The predicted molar refractivity (Wildman–Crippen MR) is 114 cm³/mol. The highest BCUT2D eigenvalue weighted by Crippen LogP contribution is 2.39. The van der Waals surface area contributed by atoms with Crippen molar-refractivity contribution in [1.29, 1.82) is 0 Å². The summed E-state index contributed by atoms with van der Waals surface area (Å²) in [4.78, 5) is 26.5. The Balaban J connectivity index is 1.86. The van der Waals surface area contributed by atoms with Crippen molar-refractivity contribution in [1.82, 2.24) is 4.90 Å². The van der Waals surface area contributed by atoms with Crippen LogP contribution in [-0.2, 0) is 11.3 Å². The van der Waals surface area contributed by atoms with Crippen LogP contribution in [0, 0.1) is 5.82 Å². The molecule has 1 saturated heterocycles. The van der Waals surface area contributed by atoms with Crippen LogP contribution in [0.15, 0.2) is 45.8 Å². The number of nitrogens with zero attached hydrogens (tertiary/aromatic N) is 1. The molecule has 1 aliphatic rings. The van der Waals surface area contributed by atoms with E-state index in [0.717, 1.165) is 16.7 Å². The van der Waals surface area contributed by atoms with Crippen LogP contribution >= 0.6 is 27.7 Å². The predicted octanol–water partition coefficient (Wildman–Crippen LogP) is 5.62. The number of carbonyl (C=O) groups excluding carboxylic acids is 2. The Morgan fingerprint density at radius 3 is 2.45 bits per heavy atom. The van der Waals surface area contributed by atoms with Crippen LogP contribution in [0.25, 0.3) is 6.08 Å². The largest absolute Gasteiger partial charge is 0.490 e. The van der Waals surface area contributed by atoms with Gasteiger partial charge in [-0.25, -0.2) is 4.39 Å². The van der Waals surface area contributed by atoms with Crippen LogP contribution in [0.5, 0.6) is 11.5 Å². The molecule has 0 aliphatic carbocycles. The zero-order chi connectivity index (χ0) is 21.0. The molecule has 1 aliphatic heterocycles. The van der Waals surface area contributed by atoms with E-state index in [4.69, 9.17) is 9.47 Å². The Bertz CT molecular complexity index is 962. The number of imide groups is 1. The van der Waals surface area contributed by atoms with Crippen molar-refractivity contribution >= 4 is 44.9 Å². The molecule has 8 heteroatoms. The minimum atomic E-state index is -0.382. The first-order valence-corrected chi connectivity index (χ1v) is 10.6. The summed E-state index contributed by atoms with van der Waals surface area (Å²) in [5.74, 6) is 0.401. The van der Waals surface area contributed by atoms with Crippen molar-refractivity contribution in [2.24, 2.45) is 0 Å². The molecular weight excluding hydrogens is 461 g/mol. The van der Waals surface area contributed by atoms with E-state index in [2.05, 4.69) is 15.9 Å². The number of rotatable bonds is 7. The zero-order valence-electron chi connectivity index (χ0n) is 15.9. The fraction of sp³-hybridized carbons (Fsp3) is 0.238. The van der Waals surface area contributed by atoms with Gasteiger partial charge in [-0.15, -0.1) is 0 Å². The van der Waals surface area contributed by atoms with Crippen LogP contribution < -0.4 is 9.47 Å². The van der Waals surface area contributed by atoms with Crippen molar-refractivity contribution in [3.63, 3.8) is 0 Å². The highest BCUT2D eigenvalue weighted by molar-refractivity contribution is 9.10. The second-order valence-corrected chi connectivity index (χ2v) is 7.94. The van der Waals surface area contributed by atoms with E-state index in [1.54, 1.807) is 24.3 Å². The lowest BCUT2D eigenvalue weighted by molar-refractivity contribution is -0.123. The Hall–Kier alpha value is -2.32. The summed E-state index contributed by atoms with van der Waals surface area (Å²) < 4.78 is 25.0. The first-order valence-electron chi connectivity index (χ1n) is 9.01. The van der Waals surface area contributed by atoms with Gasteiger partial charge in [0, 0.05) is 0 Å². The third kappa shape index (κ3) is 5.00. The molecule has 0 bridgehead atoms. The van der Waals surface area contributed by atoms with E-state index in [1.165, 1.54) is 12.1 Å². The molecule has 0 spiro atoms. The molecular formula is C21H19BrFNO4S. The molecule has 3 rings (SSSR count). The summed E-state index contributed by atoms with van der Waals surface area (Å²) in [5, 5.41) is -0.361. The third-order valence-corrected chi connectivity index (χ3v) is 5.54.